The lowest BCUT2D eigenvalue weighted by molar-refractivity contribution is 0.601. The molecule has 0 aliphatic heterocycles. The molecule has 0 saturated carbocycles. The molecule has 3 rings (SSSR count). The van der Waals surface area contributed by atoms with Crippen molar-refractivity contribution in [3.63, 3.8) is 0 Å². The van der Waals surface area contributed by atoms with Gasteiger partial charge >= 0.3 is 0 Å². The van der Waals surface area contributed by atoms with Gasteiger partial charge in [0.05, 0.1) is 0 Å². The van der Waals surface area contributed by atoms with Crippen LogP contribution in [0.5, 0.6) is 0 Å². The minimum atomic E-state index is -3.76. The molecule has 2 aromatic carbocycles. The summed E-state index contributed by atoms with van der Waals surface area (Å²) in [4.78, 5) is 0.126. The molecule has 0 amide bonds. The molecule has 0 bridgehead atoms. The highest BCUT2D eigenvalue weighted by Gasteiger charge is 2.23. The van der Waals surface area contributed by atoms with E-state index in [-0.39, 0.29) is 4.90 Å². The maximum absolute atomic E-state index is 12.7. The first-order chi connectivity index (χ1) is 11.0. The van der Waals surface area contributed by atoms with E-state index in [0.29, 0.717) is 16.4 Å². The van der Waals surface area contributed by atoms with Crippen molar-refractivity contribution in [3.05, 3.63) is 65.8 Å². The van der Waals surface area contributed by atoms with E-state index in [0.717, 1.165) is 5.56 Å². The summed E-state index contributed by atoms with van der Waals surface area (Å²) >= 11 is 5.82. The minimum absolute atomic E-state index is 0.126. The number of benzene rings is 2. The van der Waals surface area contributed by atoms with E-state index in [1.54, 1.807) is 31.3 Å². The molecule has 1 aromatic heterocycles. The van der Waals surface area contributed by atoms with Gasteiger partial charge in [-0.15, -0.1) is 0 Å². The third kappa shape index (κ3) is 3.38. The number of rotatable bonds is 4. The summed E-state index contributed by atoms with van der Waals surface area (Å²) in [7, 11) is -2.07. The summed E-state index contributed by atoms with van der Waals surface area (Å²) in [5.74, 6) is 0. The first-order valence-corrected chi connectivity index (χ1v) is 8.69. The summed E-state index contributed by atoms with van der Waals surface area (Å²) in [6, 6.07) is 15.7. The summed E-state index contributed by atoms with van der Waals surface area (Å²) in [6.45, 7) is 0. The standard InChI is InChI=1S/C16H14ClN3O2S/c1-20-11-15(16(18-20)12-5-3-2-4-6-12)23(21,22)19-14-9-7-13(17)8-10-14/h2-11,19H,1H3. The Kier molecular flexibility index (Phi) is 4.11. The smallest absolute Gasteiger partial charge is 0.265 e. The van der Waals surface area contributed by atoms with Gasteiger partial charge in [-0.05, 0) is 24.3 Å². The van der Waals surface area contributed by atoms with Gasteiger partial charge in [0.15, 0.2) is 0 Å². The number of halogens is 1. The van der Waals surface area contributed by atoms with Crippen molar-refractivity contribution >= 4 is 27.3 Å². The zero-order chi connectivity index (χ0) is 16.4. The molecule has 0 atom stereocenters. The number of anilines is 1. The van der Waals surface area contributed by atoms with E-state index < -0.39 is 10.0 Å². The van der Waals surface area contributed by atoms with Crippen molar-refractivity contribution in [2.45, 2.75) is 4.90 Å². The molecule has 3 aromatic rings. The Morgan fingerprint density at radius 1 is 1.04 bits per heavy atom. The first-order valence-electron chi connectivity index (χ1n) is 6.83. The number of hydrogen-bond donors (Lipinski definition) is 1. The number of sulfonamides is 1. The number of hydrogen-bond acceptors (Lipinski definition) is 3. The van der Waals surface area contributed by atoms with Crippen LogP contribution in [0.2, 0.25) is 5.02 Å². The molecule has 7 heteroatoms. The second-order valence-electron chi connectivity index (χ2n) is 4.99. The van der Waals surface area contributed by atoms with Crippen molar-refractivity contribution in [1.29, 1.82) is 0 Å². The molecule has 0 aliphatic rings. The lowest BCUT2D eigenvalue weighted by Crippen LogP contribution is -2.13. The zero-order valence-corrected chi connectivity index (χ0v) is 13.8. The topological polar surface area (TPSA) is 64.0 Å². The molecule has 23 heavy (non-hydrogen) atoms. The molecular formula is C16H14ClN3O2S. The molecular weight excluding hydrogens is 334 g/mol. The molecule has 1 heterocycles. The molecule has 0 fully saturated rings. The van der Waals surface area contributed by atoms with Crippen LogP contribution in [0.3, 0.4) is 0 Å². The number of aryl methyl sites for hydroxylation is 1. The van der Waals surface area contributed by atoms with Crippen LogP contribution >= 0.6 is 11.6 Å². The van der Waals surface area contributed by atoms with Crippen LogP contribution in [0.15, 0.2) is 65.7 Å². The summed E-state index contributed by atoms with van der Waals surface area (Å²) in [5.41, 5.74) is 1.59. The van der Waals surface area contributed by atoms with Crippen LogP contribution < -0.4 is 4.72 Å². The van der Waals surface area contributed by atoms with Crippen LogP contribution in [0.4, 0.5) is 5.69 Å². The largest absolute Gasteiger partial charge is 0.280 e. The average molecular weight is 348 g/mol. The lowest BCUT2D eigenvalue weighted by Gasteiger charge is -2.08. The Hall–Kier alpha value is -2.31. The maximum Gasteiger partial charge on any atom is 0.265 e. The lowest BCUT2D eigenvalue weighted by atomic mass is 10.2. The number of nitrogens with one attached hydrogen (secondary N) is 1. The average Bonchev–Trinajstić information content (AvgIpc) is 2.93. The van der Waals surface area contributed by atoms with E-state index in [2.05, 4.69) is 9.82 Å². The van der Waals surface area contributed by atoms with Gasteiger partial charge in [0, 0.05) is 29.5 Å². The van der Waals surface area contributed by atoms with Gasteiger partial charge in [-0.25, -0.2) is 8.42 Å². The Morgan fingerprint density at radius 2 is 1.70 bits per heavy atom. The Morgan fingerprint density at radius 3 is 2.35 bits per heavy atom. The molecule has 1 N–H and O–H groups in total. The van der Waals surface area contributed by atoms with Gasteiger partial charge in [-0.3, -0.25) is 9.40 Å². The Bertz CT molecular complexity index is 920. The van der Waals surface area contributed by atoms with Crippen LogP contribution in [-0.4, -0.2) is 18.2 Å². The van der Waals surface area contributed by atoms with E-state index in [4.69, 9.17) is 11.6 Å². The summed E-state index contributed by atoms with van der Waals surface area (Å²) in [5, 5.41) is 4.82. The molecule has 0 radical (unpaired) electrons. The van der Waals surface area contributed by atoms with Crippen molar-refractivity contribution in [3.8, 4) is 11.3 Å². The van der Waals surface area contributed by atoms with Crippen molar-refractivity contribution < 1.29 is 8.42 Å². The fraction of sp³-hybridized carbons (Fsp3) is 0.0625. The molecule has 0 saturated heterocycles. The Balaban J connectivity index is 2.02. The predicted molar refractivity (Wildman–Crippen MR) is 90.9 cm³/mol. The fourth-order valence-electron chi connectivity index (χ4n) is 2.19. The van der Waals surface area contributed by atoms with Gasteiger partial charge in [0.25, 0.3) is 10.0 Å². The van der Waals surface area contributed by atoms with E-state index in [1.807, 2.05) is 30.3 Å². The van der Waals surface area contributed by atoms with Gasteiger partial charge in [0.1, 0.15) is 10.6 Å². The maximum atomic E-state index is 12.7. The van der Waals surface area contributed by atoms with Gasteiger partial charge in [-0.2, -0.15) is 5.10 Å². The molecule has 0 unspecified atom stereocenters. The van der Waals surface area contributed by atoms with E-state index in [1.165, 1.54) is 10.9 Å². The molecule has 0 aliphatic carbocycles. The second kappa shape index (κ2) is 6.06. The van der Waals surface area contributed by atoms with Gasteiger partial charge in [0.2, 0.25) is 0 Å². The highest BCUT2D eigenvalue weighted by atomic mass is 35.5. The predicted octanol–water partition coefficient (Wildman–Crippen LogP) is 3.54. The normalized spacial score (nSPS) is 11.4. The van der Waals surface area contributed by atoms with Crippen LogP contribution in [0.25, 0.3) is 11.3 Å². The monoisotopic (exact) mass is 347 g/mol. The molecule has 0 spiro atoms. The first kappa shape index (κ1) is 15.6. The minimum Gasteiger partial charge on any atom is -0.280 e. The van der Waals surface area contributed by atoms with E-state index in [9.17, 15) is 8.42 Å². The van der Waals surface area contributed by atoms with Crippen molar-refractivity contribution in [2.75, 3.05) is 4.72 Å². The van der Waals surface area contributed by atoms with Crippen LogP contribution in [0, 0.1) is 0 Å². The highest BCUT2D eigenvalue weighted by Crippen LogP contribution is 2.27. The Labute approximate surface area is 139 Å². The summed E-state index contributed by atoms with van der Waals surface area (Å²) in [6.07, 6.45) is 1.49. The third-order valence-electron chi connectivity index (χ3n) is 3.23. The molecule has 5 nitrogen and oxygen atoms in total. The number of aromatic nitrogens is 2. The van der Waals surface area contributed by atoms with Gasteiger partial charge in [-0.1, -0.05) is 41.9 Å². The van der Waals surface area contributed by atoms with E-state index >= 15 is 0 Å². The second-order valence-corrected chi connectivity index (χ2v) is 7.08. The molecule has 118 valence electrons. The SMILES string of the molecule is Cn1cc(S(=O)(=O)Nc2ccc(Cl)cc2)c(-c2ccccc2)n1. The zero-order valence-electron chi connectivity index (χ0n) is 12.3. The number of nitrogens with zero attached hydrogens (tertiary/aromatic N) is 2. The quantitative estimate of drug-likeness (QED) is 0.785. The fourth-order valence-corrected chi connectivity index (χ4v) is 3.57. The summed E-state index contributed by atoms with van der Waals surface area (Å²) < 4.78 is 29.4. The van der Waals surface area contributed by atoms with Gasteiger partial charge < -0.3 is 0 Å². The van der Waals surface area contributed by atoms with Crippen molar-refractivity contribution in [2.24, 2.45) is 7.05 Å². The third-order valence-corrected chi connectivity index (χ3v) is 4.86. The van der Waals surface area contributed by atoms with Crippen LogP contribution in [0.1, 0.15) is 0 Å². The van der Waals surface area contributed by atoms with Crippen LogP contribution in [-0.2, 0) is 17.1 Å². The highest BCUT2D eigenvalue weighted by molar-refractivity contribution is 7.92. The van der Waals surface area contributed by atoms with Crippen molar-refractivity contribution in [1.82, 2.24) is 9.78 Å².